The smallest absolute Gasteiger partial charge is 0.189 e. The Morgan fingerprint density at radius 2 is 2.28 bits per heavy atom. The van der Waals surface area contributed by atoms with Gasteiger partial charge in [-0.1, -0.05) is 15.9 Å². The number of halogens is 1. The molecule has 1 aromatic carbocycles. The number of benzene rings is 1. The Labute approximate surface area is 113 Å². The lowest BCUT2D eigenvalue weighted by molar-refractivity contribution is -0.0160. The molecule has 1 aliphatic rings. The van der Waals surface area contributed by atoms with Gasteiger partial charge in [0, 0.05) is 28.7 Å². The second-order valence-corrected chi connectivity index (χ2v) is 4.94. The van der Waals surface area contributed by atoms with Crippen molar-refractivity contribution in [2.24, 2.45) is 7.05 Å². The van der Waals surface area contributed by atoms with Gasteiger partial charge in [-0.3, -0.25) is 4.68 Å². The molecule has 0 saturated carbocycles. The van der Waals surface area contributed by atoms with E-state index in [1.807, 2.05) is 25.2 Å². The number of aromatic nitrogens is 2. The first-order chi connectivity index (χ1) is 8.66. The summed E-state index contributed by atoms with van der Waals surface area (Å²) in [7, 11) is 1.81. The van der Waals surface area contributed by atoms with E-state index in [0.29, 0.717) is 19.2 Å². The molecule has 6 heteroatoms. The minimum absolute atomic E-state index is 0.290. The van der Waals surface area contributed by atoms with Gasteiger partial charge in [-0.05, 0) is 12.1 Å². The molecule has 0 bridgehead atoms. The van der Waals surface area contributed by atoms with E-state index in [2.05, 4.69) is 21.0 Å². The molecule has 0 saturated heterocycles. The number of nitrogen functional groups attached to an aromatic ring is 1. The number of nitrogens with zero attached hydrogens (tertiary/aromatic N) is 2. The van der Waals surface area contributed by atoms with Gasteiger partial charge in [0.2, 0.25) is 0 Å². The van der Waals surface area contributed by atoms with E-state index >= 15 is 0 Å². The normalized spacial score (nSPS) is 14.1. The first-order valence-electron chi connectivity index (χ1n) is 5.48. The van der Waals surface area contributed by atoms with Crippen LogP contribution in [-0.4, -0.2) is 16.6 Å². The predicted molar refractivity (Wildman–Crippen MR) is 71.0 cm³/mol. The van der Waals surface area contributed by atoms with Crippen LogP contribution in [0.5, 0.6) is 5.75 Å². The number of hydrogen-bond acceptors (Lipinski definition) is 4. The van der Waals surface area contributed by atoms with Crippen molar-refractivity contribution in [2.75, 3.05) is 12.5 Å². The van der Waals surface area contributed by atoms with Crippen LogP contribution >= 0.6 is 15.9 Å². The quantitative estimate of drug-likeness (QED) is 0.878. The molecule has 2 N–H and O–H groups in total. The largest absolute Gasteiger partial charge is 0.467 e. The maximum Gasteiger partial charge on any atom is 0.189 e. The van der Waals surface area contributed by atoms with Gasteiger partial charge in [0.05, 0.1) is 12.3 Å². The van der Waals surface area contributed by atoms with Crippen LogP contribution in [-0.2, 0) is 18.4 Å². The Balaban J connectivity index is 2.21. The van der Waals surface area contributed by atoms with E-state index in [4.69, 9.17) is 15.2 Å². The minimum Gasteiger partial charge on any atom is -0.467 e. The van der Waals surface area contributed by atoms with Crippen molar-refractivity contribution in [3.63, 3.8) is 0 Å². The third-order valence-corrected chi connectivity index (χ3v) is 3.60. The second kappa shape index (κ2) is 4.29. The Morgan fingerprint density at radius 3 is 3.00 bits per heavy atom. The average molecular weight is 310 g/mol. The molecule has 0 unspecified atom stereocenters. The van der Waals surface area contributed by atoms with Crippen molar-refractivity contribution in [1.82, 2.24) is 9.78 Å². The topological polar surface area (TPSA) is 62.3 Å². The van der Waals surface area contributed by atoms with Gasteiger partial charge in [0.15, 0.2) is 6.79 Å². The van der Waals surface area contributed by atoms with E-state index in [-0.39, 0.29) is 0 Å². The zero-order chi connectivity index (χ0) is 12.7. The van der Waals surface area contributed by atoms with Gasteiger partial charge in [0.1, 0.15) is 11.6 Å². The lowest BCUT2D eigenvalue weighted by Gasteiger charge is -2.20. The highest BCUT2D eigenvalue weighted by Gasteiger charge is 2.20. The number of ether oxygens (including phenoxy) is 2. The summed E-state index contributed by atoms with van der Waals surface area (Å²) >= 11 is 3.54. The van der Waals surface area contributed by atoms with Gasteiger partial charge >= 0.3 is 0 Å². The average Bonchev–Trinajstić information content (AvgIpc) is 2.69. The van der Waals surface area contributed by atoms with Gasteiger partial charge in [-0.15, -0.1) is 0 Å². The molecule has 18 heavy (non-hydrogen) atoms. The Morgan fingerprint density at radius 1 is 1.44 bits per heavy atom. The molecule has 1 aromatic heterocycles. The van der Waals surface area contributed by atoms with E-state index in [1.165, 1.54) is 0 Å². The molecule has 0 amide bonds. The summed E-state index contributed by atoms with van der Waals surface area (Å²) in [6.07, 6.45) is 0. The Bertz CT molecular complexity index is 590. The van der Waals surface area contributed by atoms with Crippen molar-refractivity contribution >= 4 is 21.7 Å². The molecule has 0 spiro atoms. The van der Waals surface area contributed by atoms with Crippen LogP contribution in [0.3, 0.4) is 0 Å². The number of hydrogen-bond donors (Lipinski definition) is 1. The molecule has 0 fully saturated rings. The summed E-state index contributed by atoms with van der Waals surface area (Å²) < 4.78 is 13.4. The van der Waals surface area contributed by atoms with Gasteiger partial charge in [-0.25, -0.2) is 0 Å². The summed E-state index contributed by atoms with van der Waals surface area (Å²) in [5, 5.41) is 4.40. The third kappa shape index (κ3) is 1.77. The number of rotatable bonds is 1. The van der Waals surface area contributed by atoms with Crippen molar-refractivity contribution in [3.05, 3.63) is 28.2 Å². The molecular formula is C12H12BrN3O2. The van der Waals surface area contributed by atoms with Crippen molar-refractivity contribution in [1.29, 1.82) is 0 Å². The minimum atomic E-state index is 0.290. The monoisotopic (exact) mass is 309 g/mol. The number of aryl methyl sites for hydroxylation is 1. The Hall–Kier alpha value is -1.53. The van der Waals surface area contributed by atoms with E-state index < -0.39 is 0 Å². The fraction of sp³-hybridized carbons (Fsp3) is 0.250. The molecule has 0 atom stereocenters. The van der Waals surface area contributed by atoms with E-state index in [9.17, 15) is 0 Å². The number of nitrogens with two attached hydrogens (primary N) is 1. The van der Waals surface area contributed by atoms with Crippen molar-refractivity contribution < 1.29 is 9.47 Å². The highest BCUT2D eigenvalue weighted by molar-refractivity contribution is 9.10. The molecule has 0 radical (unpaired) electrons. The molecule has 5 nitrogen and oxygen atoms in total. The molecule has 0 aliphatic carbocycles. The maximum atomic E-state index is 5.83. The predicted octanol–water partition coefficient (Wildman–Crippen LogP) is 2.30. The van der Waals surface area contributed by atoms with Crippen LogP contribution in [0.15, 0.2) is 22.7 Å². The summed E-state index contributed by atoms with van der Waals surface area (Å²) in [5.74, 6) is 1.45. The maximum absolute atomic E-state index is 5.83. The fourth-order valence-corrected chi connectivity index (χ4v) is 2.58. The number of anilines is 1. The molecular weight excluding hydrogens is 298 g/mol. The summed E-state index contributed by atoms with van der Waals surface area (Å²) in [5.41, 5.74) is 8.61. The zero-order valence-corrected chi connectivity index (χ0v) is 11.4. The first-order valence-corrected chi connectivity index (χ1v) is 6.28. The highest BCUT2D eigenvalue weighted by atomic mass is 79.9. The van der Waals surface area contributed by atoms with Gasteiger partial charge < -0.3 is 15.2 Å². The van der Waals surface area contributed by atoms with Crippen LogP contribution in [0.4, 0.5) is 5.82 Å². The van der Waals surface area contributed by atoms with Gasteiger partial charge in [0.25, 0.3) is 0 Å². The summed E-state index contributed by atoms with van der Waals surface area (Å²) in [4.78, 5) is 0. The van der Waals surface area contributed by atoms with Crippen molar-refractivity contribution in [2.45, 2.75) is 6.61 Å². The lowest BCUT2D eigenvalue weighted by Crippen LogP contribution is -2.12. The molecule has 2 heterocycles. The van der Waals surface area contributed by atoms with Crippen molar-refractivity contribution in [3.8, 4) is 17.0 Å². The van der Waals surface area contributed by atoms with E-state index in [0.717, 1.165) is 27.0 Å². The van der Waals surface area contributed by atoms with Crippen LogP contribution in [0, 0.1) is 0 Å². The first kappa shape index (κ1) is 11.6. The lowest BCUT2D eigenvalue weighted by atomic mass is 10.0. The van der Waals surface area contributed by atoms with Crippen LogP contribution in [0.1, 0.15) is 5.56 Å². The standard InChI is InChI=1S/C12H12BrN3O2/c1-16-11(14)4-9(15-16)12-7-5-17-6-18-10(7)3-2-8(12)13/h2-4H,5-6,14H2,1H3. The third-order valence-electron chi connectivity index (χ3n) is 2.94. The van der Waals surface area contributed by atoms with Crippen LogP contribution in [0.25, 0.3) is 11.3 Å². The SMILES string of the molecule is Cn1nc(-c2c(Br)ccc3c2COCO3)cc1N. The second-order valence-electron chi connectivity index (χ2n) is 4.09. The molecule has 3 rings (SSSR count). The molecule has 94 valence electrons. The van der Waals surface area contributed by atoms with Gasteiger partial charge in [-0.2, -0.15) is 5.10 Å². The van der Waals surface area contributed by atoms with Crippen LogP contribution < -0.4 is 10.5 Å². The molecule has 1 aliphatic heterocycles. The number of fused-ring (bicyclic) bond motifs is 1. The highest BCUT2D eigenvalue weighted by Crippen LogP contribution is 2.38. The van der Waals surface area contributed by atoms with Crippen LogP contribution in [0.2, 0.25) is 0 Å². The fourth-order valence-electron chi connectivity index (χ4n) is 2.01. The molecule has 2 aromatic rings. The zero-order valence-electron chi connectivity index (χ0n) is 9.81. The summed E-state index contributed by atoms with van der Waals surface area (Å²) in [6.45, 7) is 0.805. The Kier molecular flexibility index (Phi) is 2.76. The van der Waals surface area contributed by atoms with E-state index in [1.54, 1.807) is 4.68 Å². The summed E-state index contributed by atoms with van der Waals surface area (Å²) in [6, 6.07) is 5.72.